The van der Waals surface area contributed by atoms with Crippen LogP contribution in [0.15, 0.2) is 17.0 Å². The molecule has 1 unspecified atom stereocenters. The summed E-state index contributed by atoms with van der Waals surface area (Å²) in [5.41, 5.74) is 4.19. The van der Waals surface area contributed by atoms with Crippen molar-refractivity contribution < 1.29 is 17.9 Å². The minimum Gasteiger partial charge on any atom is -0.399 e. The fourth-order valence-corrected chi connectivity index (χ4v) is 3.42. The van der Waals surface area contributed by atoms with E-state index in [1.54, 1.807) is 19.0 Å². The summed E-state index contributed by atoms with van der Waals surface area (Å²) >= 11 is 5.58. The molecule has 0 radical (unpaired) electrons. The average molecular weight is 340 g/mol. The van der Waals surface area contributed by atoms with Crippen LogP contribution in [0, 0.1) is 5.82 Å². The fraction of sp³-hybridized carbons (Fsp3) is 0.500. The summed E-state index contributed by atoms with van der Waals surface area (Å²) in [5.74, 6) is -1.08. The number of rotatable bonds is 6. The van der Waals surface area contributed by atoms with Crippen molar-refractivity contribution in [3.05, 3.63) is 23.0 Å². The van der Waals surface area contributed by atoms with Gasteiger partial charge >= 0.3 is 0 Å². The van der Waals surface area contributed by atoms with Gasteiger partial charge in [0.2, 0.25) is 10.0 Å². The predicted octanol–water partition coefficient (Wildman–Crippen LogP) is 0.652. The standard InChI is InChI=1S/C12H19ClFN3O3S/c1-12(18,7-17(2)3)6-16-21(19,20)10-5-8(15)4-9(13)11(10)14/h4-5,16,18H,6-7,15H2,1-3H3. The molecule has 1 atom stereocenters. The lowest BCUT2D eigenvalue weighted by Gasteiger charge is -2.27. The van der Waals surface area contributed by atoms with E-state index in [1.165, 1.54) is 6.92 Å². The molecule has 0 aromatic heterocycles. The van der Waals surface area contributed by atoms with Crippen molar-refractivity contribution in [1.82, 2.24) is 9.62 Å². The third-order valence-electron chi connectivity index (χ3n) is 2.61. The highest BCUT2D eigenvalue weighted by atomic mass is 35.5. The third kappa shape index (κ3) is 5.08. The molecule has 0 aliphatic rings. The molecular weight excluding hydrogens is 321 g/mol. The molecule has 0 amide bonds. The Balaban J connectivity index is 2.98. The summed E-state index contributed by atoms with van der Waals surface area (Å²) in [6.07, 6.45) is 0. The van der Waals surface area contributed by atoms with Crippen LogP contribution in [-0.4, -0.2) is 51.2 Å². The van der Waals surface area contributed by atoms with Gasteiger partial charge in [-0.2, -0.15) is 0 Å². The molecule has 1 aromatic carbocycles. The summed E-state index contributed by atoms with van der Waals surface area (Å²) in [7, 11) is -0.700. The van der Waals surface area contributed by atoms with E-state index >= 15 is 0 Å². The normalized spacial score (nSPS) is 15.2. The van der Waals surface area contributed by atoms with Crippen LogP contribution in [-0.2, 0) is 10.0 Å². The first-order valence-corrected chi connectivity index (χ1v) is 7.92. The number of nitrogens with zero attached hydrogens (tertiary/aromatic N) is 1. The number of halogens is 2. The monoisotopic (exact) mass is 339 g/mol. The maximum Gasteiger partial charge on any atom is 0.243 e. The first-order valence-electron chi connectivity index (χ1n) is 6.06. The Kier molecular flexibility index (Phi) is 5.57. The first kappa shape index (κ1) is 18.1. The number of hydrogen-bond donors (Lipinski definition) is 3. The molecule has 0 saturated carbocycles. The quantitative estimate of drug-likeness (QED) is 0.661. The van der Waals surface area contributed by atoms with Crippen LogP contribution in [0.2, 0.25) is 5.02 Å². The molecule has 1 aromatic rings. The smallest absolute Gasteiger partial charge is 0.243 e. The zero-order valence-electron chi connectivity index (χ0n) is 12.0. The van der Waals surface area contributed by atoms with E-state index in [-0.39, 0.29) is 23.8 Å². The van der Waals surface area contributed by atoms with E-state index in [0.717, 1.165) is 12.1 Å². The molecule has 120 valence electrons. The maximum absolute atomic E-state index is 13.8. The van der Waals surface area contributed by atoms with Gasteiger partial charge < -0.3 is 15.7 Å². The lowest BCUT2D eigenvalue weighted by molar-refractivity contribution is 0.0386. The van der Waals surface area contributed by atoms with Crippen molar-refractivity contribution >= 4 is 27.3 Å². The van der Waals surface area contributed by atoms with Crippen molar-refractivity contribution in [1.29, 1.82) is 0 Å². The second-order valence-electron chi connectivity index (χ2n) is 5.37. The Morgan fingerprint density at radius 2 is 2.05 bits per heavy atom. The second-order valence-corrected chi connectivity index (χ2v) is 7.52. The summed E-state index contributed by atoms with van der Waals surface area (Å²) < 4.78 is 40.2. The minimum atomic E-state index is -4.17. The molecule has 4 N–H and O–H groups in total. The van der Waals surface area contributed by atoms with Gasteiger partial charge in [0, 0.05) is 18.8 Å². The van der Waals surface area contributed by atoms with Gasteiger partial charge in [0.15, 0.2) is 5.82 Å². The fourth-order valence-electron chi connectivity index (χ4n) is 1.84. The van der Waals surface area contributed by atoms with Gasteiger partial charge in [-0.1, -0.05) is 11.6 Å². The Morgan fingerprint density at radius 1 is 1.48 bits per heavy atom. The van der Waals surface area contributed by atoms with Crippen LogP contribution in [0.5, 0.6) is 0 Å². The SMILES string of the molecule is CN(C)CC(C)(O)CNS(=O)(=O)c1cc(N)cc(Cl)c1F. The maximum atomic E-state index is 13.8. The topological polar surface area (TPSA) is 95.7 Å². The molecule has 9 heteroatoms. The minimum absolute atomic E-state index is 0.0295. The zero-order valence-corrected chi connectivity index (χ0v) is 13.6. The van der Waals surface area contributed by atoms with Gasteiger partial charge in [0.05, 0.1) is 10.6 Å². The molecule has 0 fully saturated rings. The highest BCUT2D eigenvalue weighted by molar-refractivity contribution is 7.89. The number of likely N-dealkylation sites (N-methyl/N-ethyl adjacent to an activating group) is 1. The van der Waals surface area contributed by atoms with E-state index < -0.39 is 26.3 Å². The lowest BCUT2D eigenvalue weighted by Crippen LogP contribution is -2.47. The predicted molar refractivity (Wildman–Crippen MR) is 80.2 cm³/mol. The molecule has 0 saturated heterocycles. The number of nitrogen functional groups attached to an aromatic ring is 1. The van der Waals surface area contributed by atoms with Crippen LogP contribution in [0.3, 0.4) is 0 Å². The summed E-state index contributed by atoms with van der Waals surface area (Å²) in [6, 6.07) is 2.10. The number of benzene rings is 1. The molecule has 21 heavy (non-hydrogen) atoms. The van der Waals surface area contributed by atoms with E-state index in [4.69, 9.17) is 17.3 Å². The van der Waals surface area contributed by atoms with Crippen LogP contribution in [0.1, 0.15) is 6.92 Å². The highest BCUT2D eigenvalue weighted by Gasteiger charge is 2.27. The van der Waals surface area contributed by atoms with E-state index in [0.29, 0.717) is 0 Å². The van der Waals surface area contributed by atoms with Gasteiger partial charge in [-0.15, -0.1) is 0 Å². The number of nitrogens with two attached hydrogens (primary N) is 1. The van der Waals surface area contributed by atoms with Crippen molar-refractivity contribution in [2.24, 2.45) is 0 Å². The Morgan fingerprint density at radius 3 is 2.57 bits per heavy atom. The van der Waals surface area contributed by atoms with Crippen LogP contribution in [0.25, 0.3) is 0 Å². The highest BCUT2D eigenvalue weighted by Crippen LogP contribution is 2.25. The van der Waals surface area contributed by atoms with Crippen molar-refractivity contribution in [2.45, 2.75) is 17.4 Å². The van der Waals surface area contributed by atoms with Gasteiger partial charge in [-0.3, -0.25) is 0 Å². The number of hydrogen-bond acceptors (Lipinski definition) is 5. The molecule has 0 bridgehead atoms. The molecule has 0 spiro atoms. The van der Waals surface area contributed by atoms with Crippen molar-refractivity contribution in [3.63, 3.8) is 0 Å². The van der Waals surface area contributed by atoms with Gasteiger partial charge in [-0.05, 0) is 33.2 Å². The Hall–Kier alpha value is -0.930. The molecule has 0 heterocycles. The van der Waals surface area contributed by atoms with Crippen LogP contribution >= 0.6 is 11.6 Å². The van der Waals surface area contributed by atoms with E-state index in [2.05, 4.69) is 4.72 Å². The molecule has 1 rings (SSSR count). The van der Waals surface area contributed by atoms with Crippen LogP contribution in [0.4, 0.5) is 10.1 Å². The molecule has 0 aliphatic heterocycles. The molecule has 6 nitrogen and oxygen atoms in total. The zero-order chi connectivity index (χ0) is 16.4. The van der Waals surface area contributed by atoms with Gasteiger partial charge in [0.25, 0.3) is 0 Å². The number of anilines is 1. The van der Waals surface area contributed by atoms with E-state index in [9.17, 15) is 17.9 Å². The summed E-state index contributed by atoms with van der Waals surface area (Å²) in [6.45, 7) is 1.42. The number of sulfonamides is 1. The second kappa shape index (κ2) is 6.45. The lowest BCUT2D eigenvalue weighted by atomic mass is 10.1. The van der Waals surface area contributed by atoms with Gasteiger partial charge in [0.1, 0.15) is 4.90 Å². The molecular formula is C12H19ClFN3O3S. The summed E-state index contributed by atoms with van der Waals surface area (Å²) in [4.78, 5) is 1.06. The first-order chi connectivity index (χ1) is 9.44. The van der Waals surface area contributed by atoms with Crippen molar-refractivity contribution in [2.75, 3.05) is 32.9 Å². The largest absolute Gasteiger partial charge is 0.399 e. The van der Waals surface area contributed by atoms with Crippen molar-refractivity contribution in [3.8, 4) is 0 Å². The van der Waals surface area contributed by atoms with Gasteiger partial charge in [-0.25, -0.2) is 17.5 Å². The van der Waals surface area contributed by atoms with E-state index in [1.807, 2.05) is 0 Å². The number of nitrogens with one attached hydrogen (secondary N) is 1. The average Bonchev–Trinajstić information content (AvgIpc) is 2.30. The summed E-state index contributed by atoms with van der Waals surface area (Å²) in [5, 5.41) is 9.68. The third-order valence-corrected chi connectivity index (χ3v) is 4.28. The Bertz CT molecular complexity index is 620. The Labute approximate surface area is 128 Å². The number of aliphatic hydroxyl groups is 1. The van der Waals surface area contributed by atoms with Crippen LogP contribution < -0.4 is 10.5 Å². The molecule has 0 aliphatic carbocycles.